The second kappa shape index (κ2) is 14.1. The van der Waals surface area contributed by atoms with E-state index in [-0.39, 0.29) is 6.61 Å². The molecule has 0 atom stereocenters. The molecule has 33 heavy (non-hydrogen) atoms. The van der Waals surface area contributed by atoms with Crippen LogP contribution in [0.15, 0.2) is 60.8 Å². The normalized spacial score (nSPS) is 10.9. The minimum atomic E-state index is -0.423. The Morgan fingerprint density at radius 2 is 1.48 bits per heavy atom. The number of aromatic nitrogens is 3. The number of methoxy groups -OCH3 is 1. The highest BCUT2D eigenvalue weighted by Gasteiger charge is 2.10. The van der Waals surface area contributed by atoms with Crippen molar-refractivity contribution in [3.63, 3.8) is 0 Å². The molecular formula is C24H29N3O6. The molecule has 0 amide bonds. The first-order valence-corrected chi connectivity index (χ1v) is 10.8. The maximum atomic E-state index is 12.4. The van der Waals surface area contributed by atoms with Crippen LogP contribution in [0.2, 0.25) is 0 Å². The number of hydrogen-bond donors (Lipinski definition) is 0. The van der Waals surface area contributed by atoms with Crippen molar-refractivity contribution in [1.29, 1.82) is 0 Å². The van der Waals surface area contributed by atoms with Gasteiger partial charge in [0.1, 0.15) is 12.3 Å². The van der Waals surface area contributed by atoms with Crippen molar-refractivity contribution in [3.8, 4) is 16.9 Å². The molecule has 3 rings (SSSR count). The lowest BCUT2D eigenvalue weighted by molar-refractivity contribution is -0.00551. The summed E-state index contributed by atoms with van der Waals surface area (Å²) in [4.78, 5) is 12.4. The first-order chi connectivity index (χ1) is 16.3. The Labute approximate surface area is 193 Å². The van der Waals surface area contributed by atoms with Crippen LogP contribution in [0.25, 0.3) is 16.9 Å². The molecule has 0 unspecified atom stereocenters. The van der Waals surface area contributed by atoms with Crippen LogP contribution in [-0.4, -0.2) is 80.9 Å². The summed E-state index contributed by atoms with van der Waals surface area (Å²) in [5.74, 6) is -0.423. The molecule has 0 aliphatic rings. The Kier molecular flexibility index (Phi) is 10.5. The molecule has 1 aromatic heterocycles. The number of hydrogen-bond acceptors (Lipinski definition) is 8. The summed E-state index contributed by atoms with van der Waals surface area (Å²) in [5.41, 5.74) is 2.88. The van der Waals surface area contributed by atoms with Crippen molar-refractivity contribution < 1.29 is 28.5 Å². The van der Waals surface area contributed by atoms with Gasteiger partial charge in [-0.25, -0.2) is 9.48 Å². The molecule has 3 aromatic rings. The summed E-state index contributed by atoms with van der Waals surface area (Å²) in [6.45, 7) is 3.46. The number of ether oxygens (including phenoxy) is 5. The van der Waals surface area contributed by atoms with E-state index in [1.165, 1.54) is 0 Å². The van der Waals surface area contributed by atoms with Gasteiger partial charge in [-0.15, -0.1) is 5.10 Å². The average molecular weight is 456 g/mol. The van der Waals surface area contributed by atoms with E-state index in [1.54, 1.807) is 30.0 Å². The van der Waals surface area contributed by atoms with E-state index in [9.17, 15) is 4.79 Å². The van der Waals surface area contributed by atoms with Crippen LogP contribution in [0, 0.1) is 0 Å². The Morgan fingerprint density at radius 3 is 2.18 bits per heavy atom. The molecule has 0 radical (unpaired) electrons. The van der Waals surface area contributed by atoms with E-state index in [2.05, 4.69) is 10.3 Å². The van der Waals surface area contributed by atoms with Gasteiger partial charge in [0.05, 0.1) is 63.7 Å². The highest BCUT2D eigenvalue weighted by molar-refractivity contribution is 5.90. The average Bonchev–Trinajstić information content (AvgIpc) is 3.36. The molecule has 2 aromatic carbocycles. The summed E-state index contributed by atoms with van der Waals surface area (Å²) in [7, 11) is 1.63. The Bertz CT molecular complexity index is 964. The fraction of sp³-hybridized carbons (Fsp3) is 0.375. The second-order valence-electron chi connectivity index (χ2n) is 6.93. The topological polar surface area (TPSA) is 93.9 Å². The zero-order valence-electron chi connectivity index (χ0n) is 18.7. The van der Waals surface area contributed by atoms with Gasteiger partial charge in [0.2, 0.25) is 0 Å². The second-order valence-corrected chi connectivity index (χ2v) is 6.93. The molecule has 0 spiro atoms. The van der Waals surface area contributed by atoms with E-state index < -0.39 is 5.97 Å². The van der Waals surface area contributed by atoms with Crippen molar-refractivity contribution in [2.24, 2.45) is 0 Å². The maximum Gasteiger partial charge on any atom is 0.338 e. The van der Waals surface area contributed by atoms with Gasteiger partial charge in [-0.3, -0.25) is 0 Å². The highest BCUT2D eigenvalue weighted by atomic mass is 16.6. The molecular weight excluding hydrogens is 426 g/mol. The monoisotopic (exact) mass is 455 g/mol. The van der Waals surface area contributed by atoms with Crippen LogP contribution in [0.3, 0.4) is 0 Å². The van der Waals surface area contributed by atoms with Crippen LogP contribution in [-0.2, 0) is 23.7 Å². The number of nitrogens with zero attached hydrogens (tertiary/aromatic N) is 3. The molecule has 176 valence electrons. The van der Waals surface area contributed by atoms with Crippen LogP contribution in [0.5, 0.6) is 0 Å². The van der Waals surface area contributed by atoms with Crippen LogP contribution < -0.4 is 0 Å². The van der Waals surface area contributed by atoms with Gasteiger partial charge in [-0.05, 0) is 18.2 Å². The fourth-order valence-electron chi connectivity index (χ4n) is 2.87. The maximum absolute atomic E-state index is 12.4. The van der Waals surface area contributed by atoms with Crippen LogP contribution >= 0.6 is 0 Å². The lowest BCUT2D eigenvalue weighted by Gasteiger charge is -2.08. The predicted octanol–water partition coefficient (Wildman–Crippen LogP) is 2.79. The third kappa shape index (κ3) is 8.39. The Morgan fingerprint density at radius 1 is 0.818 bits per heavy atom. The quantitative estimate of drug-likeness (QED) is 0.255. The zero-order chi connectivity index (χ0) is 23.1. The molecule has 0 aliphatic heterocycles. The van der Waals surface area contributed by atoms with E-state index in [4.69, 9.17) is 23.7 Å². The number of benzene rings is 2. The van der Waals surface area contributed by atoms with Gasteiger partial charge < -0.3 is 23.7 Å². The summed E-state index contributed by atoms with van der Waals surface area (Å²) in [6, 6.07) is 16.8. The molecule has 9 heteroatoms. The minimum absolute atomic E-state index is 0.157. The van der Waals surface area contributed by atoms with Crippen LogP contribution in [0.4, 0.5) is 0 Å². The lowest BCUT2D eigenvalue weighted by Crippen LogP contribution is -2.14. The van der Waals surface area contributed by atoms with Crippen molar-refractivity contribution >= 4 is 5.97 Å². The molecule has 0 aliphatic carbocycles. The SMILES string of the molecule is COCCOCCOCCOCCOC(=O)c1cccc(-n2cc(-c3ccccc3)nn2)c1. The first-order valence-electron chi connectivity index (χ1n) is 10.8. The predicted molar refractivity (Wildman–Crippen MR) is 121 cm³/mol. The van der Waals surface area contributed by atoms with Gasteiger partial charge in [0.15, 0.2) is 0 Å². The van der Waals surface area contributed by atoms with Gasteiger partial charge in [-0.1, -0.05) is 41.6 Å². The summed E-state index contributed by atoms with van der Waals surface area (Å²) in [6.07, 6.45) is 1.82. The van der Waals surface area contributed by atoms with Gasteiger partial charge in [0, 0.05) is 12.7 Å². The molecule has 9 nitrogen and oxygen atoms in total. The molecule has 0 bridgehead atoms. The van der Waals surface area contributed by atoms with Crippen molar-refractivity contribution in [2.75, 3.05) is 60.0 Å². The molecule has 0 fully saturated rings. The van der Waals surface area contributed by atoms with Gasteiger partial charge in [0.25, 0.3) is 0 Å². The van der Waals surface area contributed by atoms with E-state index in [1.807, 2.05) is 42.6 Å². The summed E-state index contributed by atoms with van der Waals surface area (Å²) in [5, 5.41) is 8.38. The number of carbonyl (C=O) groups is 1. The molecule has 0 saturated heterocycles. The van der Waals surface area contributed by atoms with Crippen LogP contribution in [0.1, 0.15) is 10.4 Å². The van der Waals surface area contributed by atoms with Gasteiger partial charge >= 0.3 is 5.97 Å². The third-order valence-electron chi connectivity index (χ3n) is 4.55. The largest absolute Gasteiger partial charge is 0.460 e. The van der Waals surface area contributed by atoms with E-state index in [0.717, 1.165) is 16.9 Å². The lowest BCUT2D eigenvalue weighted by atomic mass is 10.2. The first kappa shape index (κ1) is 24.5. The van der Waals surface area contributed by atoms with Crippen molar-refractivity contribution in [2.45, 2.75) is 0 Å². The minimum Gasteiger partial charge on any atom is -0.460 e. The smallest absolute Gasteiger partial charge is 0.338 e. The Balaban J connectivity index is 1.35. The van der Waals surface area contributed by atoms with Crippen molar-refractivity contribution in [1.82, 2.24) is 15.0 Å². The summed E-state index contributed by atoms with van der Waals surface area (Å²) < 4.78 is 27.9. The molecule has 0 N–H and O–H groups in total. The fourth-order valence-corrected chi connectivity index (χ4v) is 2.87. The number of carbonyl (C=O) groups excluding carboxylic acids is 1. The number of rotatable bonds is 15. The van der Waals surface area contributed by atoms with E-state index >= 15 is 0 Å². The Hall–Kier alpha value is -3.11. The summed E-state index contributed by atoms with van der Waals surface area (Å²) >= 11 is 0. The van der Waals surface area contributed by atoms with Gasteiger partial charge in [-0.2, -0.15) is 0 Å². The third-order valence-corrected chi connectivity index (χ3v) is 4.55. The standard InChI is InChI=1S/C24H29N3O6/c1-29-10-11-30-12-13-31-14-15-32-16-17-33-24(28)21-8-5-9-22(18-21)27-19-23(25-26-27)20-6-3-2-4-7-20/h2-9,18-19H,10-17H2,1H3. The zero-order valence-corrected chi connectivity index (χ0v) is 18.7. The number of esters is 1. The van der Waals surface area contributed by atoms with Crippen molar-refractivity contribution in [3.05, 3.63) is 66.4 Å². The molecule has 1 heterocycles. The van der Waals surface area contributed by atoms with E-state index in [0.29, 0.717) is 51.8 Å². The highest BCUT2D eigenvalue weighted by Crippen LogP contribution is 2.18. The molecule has 0 saturated carbocycles.